The molecule has 4 aromatic rings. The summed E-state index contributed by atoms with van der Waals surface area (Å²) < 4.78 is 12.8. The van der Waals surface area contributed by atoms with E-state index in [0.29, 0.717) is 47.0 Å². The quantitative estimate of drug-likeness (QED) is 0.0778. The maximum absolute atomic E-state index is 14.5. The number of ketones is 2. The smallest absolute Gasteiger partial charge is 0.198 e. The van der Waals surface area contributed by atoms with Crippen molar-refractivity contribution in [1.82, 2.24) is 0 Å². The molecule has 1 aliphatic carbocycles. The van der Waals surface area contributed by atoms with Gasteiger partial charge in [-0.05, 0) is 61.4 Å². The average molecular weight is 665 g/mol. The maximum Gasteiger partial charge on any atom is 0.198 e. The van der Waals surface area contributed by atoms with Gasteiger partial charge in [0.1, 0.15) is 11.5 Å². The van der Waals surface area contributed by atoms with Crippen LogP contribution in [0.2, 0.25) is 0 Å². The fourth-order valence-corrected chi connectivity index (χ4v) is 6.20. The Morgan fingerprint density at radius 1 is 0.440 bits per heavy atom. The molecule has 0 amide bonds. The van der Waals surface area contributed by atoms with Gasteiger partial charge in [0.2, 0.25) is 0 Å². The van der Waals surface area contributed by atoms with Crippen LogP contribution < -0.4 is 9.47 Å². The summed E-state index contributed by atoms with van der Waals surface area (Å²) in [4.78, 5) is 28.9. The Bertz CT molecular complexity index is 1730. The summed E-state index contributed by atoms with van der Waals surface area (Å²) in [6, 6.07) is 26.5. The van der Waals surface area contributed by atoms with E-state index in [-0.39, 0.29) is 22.7 Å². The summed E-state index contributed by atoms with van der Waals surface area (Å²) in [5.41, 5.74) is 4.07. The molecular weight excluding hydrogens is 617 g/mol. The highest BCUT2D eigenvalue weighted by Crippen LogP contribution is 2.40. The lowest BCUT2D eigenvalue weighted by molar-refractivity contribution is 0.0972. The van der Waals surface area contributed by atoms with E-state index in [4.69, 9.17) is 9.47 Å². The number of ether oxygens (including phenoxy) is 2. The second-order valence-corrected chi connectivity index (χ2v) is 12.9. The molecule has 4 aromatic carbocycles. The van der Waals surface area contributed by atoms with Crippen LogP contribution in [0.15, 0.2) is 84.9 Å². The summed E-state index contributed by atoms with van der Waals surface area (Å²) in [7, 11) is 0. The van der Waals surface area contributed by atoms with Crippen molar-refractivity contribution in [2.45, 2.75) is 90.9 Å². The van der Waals surface area contributed by atoms with Crippen LogP contribution in [0, 0.1) is 23.7 Å². The zero-order valence-corrected chi connectivity index (χ0v) is 29.6. The number of carbonyl (C=O) groups excluding carboxylic acids is 2. The molecule has 50 heavy (non-hydrogen) atoms. The third-order valence-corrected chi connectivity index (χ3v) is 8.98. The molecule has 0 unspecified atom stereocenters. The first kappa shape index (κ1) is 36.2. The van der Waals surface area contributed by atoms with Gasteiger partial charge in [-0.3, -0.25) is 9.59 Å². The molecule has 4 heteroatoms. The monoisotopic (exact) mass is 664 g/mol. The largest absolute Gasteiger partial charge is 0.491 e. The highest BCUT2D eigenvalue weighted by Gasteiger charge is 2.36. The number of unbranched alkanes of at least 4 members (excludes halogenated alkanes) is 10. The van der Waals surface area contributed by atoms with Crippen molar-refractivity contribution >= 4 is 11.6 Å². The van der Waals surface area contributed by atoms with Crippen molar-refractivity contribution in [3.05, 3.63) is 129 Å². The molecule has 4 nitrogen and oxygen atoms in total. The number of benzene rings is 4. The van der Waals surface area contributed by atoms with Crippen molar-refractivity contribution in [3.8, 4) is 35.2 Å². The second kappa shape index (κ2) is 19.2. The lowest BCUT2D eigenvalue weighted by atomic mass is 9.81. The van der Waals surface area contributed by atoms with Gasteiger partial charge in [0.15, 0.2) is 11.6 Å². The molecule has 0 saturated heterocycles. The first-order valence-corrected chi connectivity index (χ1v) is 18.5. The predicted octanol–water partition coefficient (Wildman–Crippen LogP) is 10.7. The highest BCUT2D eigenvalue weighted by molar-refractivity contribution is 6.30. The van der Waals surface area contributed by atoms with Crippen LogP contribution in [-0.4, -0.2) is 24.8 Å². The lowest BCUT2D eigenvalue weighted by Gasteiger charge is -2.24. The normalized spacial score (nSPS) is 11.5. The highest BCUT2D eigenvalue weighted by atomic mass is 16.5. The fraction of sp³-hybridized carbons (Fsp3) is 0.348. The SMILES string of the molecule is CCCCCCCCOc1c(C#Cc2ccccc2)ccc2c1C(=O)c1ccc(C#Cc3ccccc3)c(OCCCCCCCC)c1C2=O. The van der Waals surface area contributed by atoms with Gasteiger partial charge in [0, 0.05) is 22.3 Å². The lowest BCUT2D eigenvalue weighted by Crippen LogP contribution is -2.24. The molecule has 1 aliphatic rings. The zero-order valence-electron chi connectivity index (χ0n) is 29.6. The summed E-state index contributed by atoms with van der Waals surface area (Å²) in [5, 5.41) is 0. The van der Waals surface area contributed by atoms with Crippen molar-refractivity contribution < 1.29 is 19.1 Å². The van der Waals surface area contributed by atoms with Gasteiger partial charge in [-0.25, -0.2) is 0 Å². The molecule has 0 heterocycles. The Kier molecular flexibility index (Phi) is 13.9. The summed E-state index contributed by atoms with van der Waals surface area (Å²) in [5.74, 6) is 13.1. The second-order valence-electron chi connectivity index (χ2n) is 12.9. The van der Waals surface area contributed by atoms with E-state index in [1.807, 2.05) is 60.7 Å². The number of carbonyl (C=O) groups is 2. The molecule has 0 atom stereocenters. The van der Waals surface area contributed by atoms with Crippen LogP contribution in [0.1, 0.15) is 145 Å². The van der Waals surface area contributed by atoms with Crippen LogP contribution in [0.25, 0.3) is 0 Å². The molecule has 0 bridgehead atoms. The van der Waals surface area contributed by atoms with Crippen molar-refractivity contribution in [2.24, 2.45) is 0 Å². The number of hydrogen-bond donors (Lipinski definition) is 0. The Morgan fingerprint density at radius 3 is 1.22 bits per heavy atom. The van der Waals surface area contributed by atoms with Gasteiger partial charge in [-0.2, -0.15) is 0 Å². The first-order chi connectivity index (χ1) is 24.6. The van der Waals surface area contributed by atoms with Gasteiger partial charge in [-0.1, -0.05) is 138 Å². The zero-order chi connectivity index (χ0) is 35.0. The third-order valence-electron chi connectivity index (χ3n) is 8.98. The minimum atomic E-state index is -0.261. The molecule has 0 radical (unpaired) electrons. The average Bonchev–Trinajstić information content (AvgIpc) is 3.15. The van der Waals surface area contributed by atoms with Gasteiger partial charge in [0.25, 0.3) is 0 Å². The maximum atomic E-state index is 14.5. The fourth-order valence-electron chi connectivity index (χ4n) is 6.20. The van der Waals surface area contributed by atoms with Crippen molar-refractivity contribution in [1.29, 1.82) is 0 Å². The molecule has 0 aliphatic heterocycles. The standard InChI is InChI=1S/C46H48O4/c1-3-5-7-9-11-19-33-49-45-37(27-25-35-21-15-13-16-22-35)29-31-39-41(45)43(47)40-32-30-38(28-26-36-23-17-14-18-24-36)46(42(40)44(39)48)50-34-20-12-10-8-6-4-2/h13-18,21-24,29-32H,3-12,19-20,33-34H2,1-2H3. The Balaban J connectivity index is 1.50. The number of hydrogen-bond acceptors (Lipinski definition) is 4. The topological polar surface area (TPSA) is 52.6 Å². The van der Waals surface area contributed by atoms with E-state index >= 15 is 0 Å². The van der Waals surface area contributed by atoms with E-state index in [0.717, 1.165) is 49.7 Å². The Hall–Kier alpha value is -5.06. The molecule has 5 rings (SSSR count). The van der Waals surface area contributed by atoms with Crippen LogP contribution in [0.4, 0.5) is 0 Å². The third kappa shape index (κ3) is 9.55. The molecule has 256 valence electrons. The van der Waals surface area contributed by atoms with Crippen LogP contribution >= 0.6 is 0 Å². The Morgan fingerprint density at radius 2 is 0.820 bits per heavy atom. The van der Waals surface area contributed by atoms with Crippen LogP contribution in [0.5, 0.6) is 11.5 Å². The summed E-state index contributed by atoms with van der Waals surface area (Å²) in [6.07, 6.45) is 13.4. The van der Waals surface area contributed by atoms with Gasteiger partial charge >= 0.3 is 0 Å². The van der Waals surface area contributed by atoms with Gasteiger partial charge < -0.3 is 9.47 Å². The van der Waals surface area contributed by atoms with E-state index in [2.05, 4.69) is 37.5 Å². The van der Waals surface area contributed by atoms with Crippen LogP contribution in [0.3, 0.4) is 0 Å². The molecule has 0 aromatic heterocycles. The van der Waals surface area contributed by atoms with E-state index in [1.54, 1.807) is 24.3 Å². The molecular formula is C46H48O4. The molecule has 0 saturated carbocycles. The minimum absolute atomic E-state index is 0.261. The van der Waals surface area contributed by atoms with Crippen molar-refractivity contribution in [2.75, 3.05) is 13.2 Å². The van der Waals surface area contributed by atoms with Gasteiger partial charge in [0.05, 0.1) is 35.5 Å². The first-order valence-electron chi connectivity index (χ1n) is 18.5. The van der Waals surface area contributed by atoms with E-state index in [1.165, 1.54) is 38.5 Å². The molecule has 0 spiro atoms. The summed E-state index contributed by atoms with van der Waals surface area (Å²) in [6.45, 7) is 5.30. The Labute approximate surface area is 298 Å². The minimum Gasteiger partial charge on any atom is -0.491 e. The predicted molar refractivity (Wildman–Crippen MR) is 202 cm³/mol. The number of rotatable bonds is 16. The van der Waals surface area contributed by atoms with Crippen molar-refractivity contribution in [3.63, 3.8) is 0 Å². The number of fused-ring (bicyclic) bond motifs is 2. The van der Waals surface area contributed by atoms with E-state index in [9.17, 15) is 9.59 Å². The van der Waals surface area contributed by atoms with Gasteiger partial charge in [-0.15, -0.1) is 0 Å². The van der Waals surface area contributed by atoms with Crippen LogP contribution in [-0.2, 0) is 0 Å². The van der Waals surface area contributed by atoms with E-state index < -0.39 is 0 Å². The molecule has 0 N–H and O–H groups in total. The summed E-state index contributed by atoms with van der Waals surface area (Å²) >= 11 is 0. The molecule has 0 fully saturated rings.